The zero-order chi connectivity index (χ0) is 15.4. The summed E-state index contributed by atoms with van der Waals surface area (Å²) in [6.45, 7) is 0. The van der Waals surface area contributed by atoms with Gasteiger partial charge >= 0.3 is 5.97 Å². The summed E-state index contributed by atoms with van der Waals surface area (Å²) in [7, 11) is 1.42. The standard InChI is InChI=1S/C13H10N2O6/c1-20-10-6-3-7-11(14-10)21-9-5-2-4-8(15(18)19)12(9)13(16)17/h2-7H,1H3,(H,16,17). The van der Waals surface area contributed by atoms with Crippen LogP contribution < -0.4 is 9.47 Å². The quantitative estimate of drug-likeness (QED) is 0.664. The highest BCUT2D eigenvalue weighted by molar-refractivity contribution is 5.95. The van der Waals surface area contributed by atoms with Crippen molar-refractivity contribution in [3.63, 3.8) is 0 Å². The van der Waals surface area contributed by atoms with E-state index in [1.54, 1.807) is 12.1 Å². The summed E-state index contributed by atoms with van der Waals surface area (Å²) in [6, 6.07) is 8.40. The summed E-state index contributed by atoms with van der Waals surface area (Å²) in [4.78, 5) is 25.3. The Balaban J connectivity index is 2.46. The molecule has 1 aromatic carbocycles. The average Bonchev–Trinajstić information content (AvgIpc) is 2.46. The monoisotopic (exact) mass is 290 g/mol. The van der Waals surface area contributed by atoms with Gasteiger partial charge in [-0.2, -0.15) is 4.98 Å². The predicted molar refractivity (Wildman–Crippen MR) is 70.9 cm³/mol. The lowest BCUT2D eigenvalue weighted by molar-refractivity contribution is -0.385. The molecule has 108 valence electrons. The number of carboxylic acids is 1. The maximum atomic E-state index is 11.2. The van der Waals surface area contributed by atoms with Crippen molar-refractivity contribution >= 4 is 11.7 Å². The molecular weight excluding hydrogens is 280 g/mol. The smallest absolute Gasteiger partial charge is 0.346 e. The SMILES string of the molecule is COc1cccc(Oc2cccc([N+](=O)[O-])c2C(=O)O)n1. The molecule has 0 unspecified atom stereocenters. The van der Waals surface area contributed by atoms with Crippen molar-refractivity contribution < 1.29 is 24.3 Å². The van der Waals surface area contributed by atoms with Crippen LogP contribution >= 0.6 is 0 Å². The van der Waals surface area contributed by atoms with Crippen molar-refractivity contribution in [3.8, 4) is 17.5 Å². The molecule has 0 radical (unpaired) electrons. The summed E-state index contributed by atoms with van der Waals surface area (Å²) in [5.41, 5.74) is -1.09. The van der Waals surface area contributed by atoms with Crippen molar-refractivity contribution in [1.82, 2.24) is 4.98 Å². The minimum absolute atomic E-state index is 0.0670. The molecule has 2 aromatic rings. The van der Waals surface area contributed by atoms with E-state index in [2.05, 4.69) is 4.98 Å². The maximum absolute atomic E-state index is 11.2. The first kappa shape index (κ1) is 14.3. The Morgan fingerprint density at radius 1 is 1.24 bits per heavy atom. The lowest BCUT2D eigenvalue weighted by atomic mass is 10.1. The number of nitro groups is 1. The number of carbonyl (C=O) groups is 1. The van der Waals surface area contributed by atoms with E-state index in [9.17, 15) is 14.9 Å². The van der Waals surface area contributed by atoms with E-state index in [1.165, 1.54) is 25.3 Å². The van der Waals surface area contributed by atoms with Gasteiger partial charge in [0, 0.05) is 18.2 Å². The first-order valence-electron chi connectivity index (χ1n) is 5.72. The fourth-order valence-corrected chi connectivity index (χ4v) is 1.65. The molecule has 0 spiro atoms. The molecule has 0 amide bonds. The molecule has 0 fully saturated rings. The third-order valence-electron chi connectivity index (χ3n) is 2.54. The number of aromatic carboxylic acids is 1. The summed E-state index contributed by atoms with van der Waals surface area (Å²) in [5, 5.41) is 20.0. The Bertz CT molecular complexity index is 701. The number of aromatic nitrogens is 1. The number of nitro benzene ring substituents is 1. The van der Waals surface area contributed by atoms with Crippen LogP contribution in [0.25, 0.3) is 0 Å². The number of pyridine rings is 1. The van der Waals surface area contributed by atoms with Crippen molar-refractivity contribution in [3.05, 3.63) is 52.1 Å². The number of benzene rings is 1. The highest BCUT2D eigenvalue weighted by Gasteiger charge is 2.25. The molecule has 1 heterocycles. The van der Waals surface area contributed by atoms with Crippen molar-refractivity contribution in [1.29, 1.82) is 0 Å². The minimum Gasteiger partial charge on any atom is -0.481 e. The number of methoxy groups -OCH3 is 1. The maximum Gasteiger partial charge on any atom is 0.346 e. The highest BCUT2D eigenvalue weighted by atomic mass is 16.6. The molecule has 2 rings (SSSR count). The van der Waals surface area contributed by atoms with Gasteiger partial charge in [0.15, 0.2) is 11.3 Å². The van der Waals surface area contributed by atoms with E-state index in [1.807, 2.05) is 0 Å². The van der Waals surface area contributed by atoms with E-state index < -0.39 is 22.1 Å². The van der Waals surface area contributed by atoms with Gasteiger partial charge in [-0.05, 0) is 6.07 Å². The molecule has 0 aliphatic heterocycles. The molecule has 8 heteroatoms. The summed E-state index contributed by atoms with van der Waals surface area (Å²) >= 11 is 0. The summed E-state index contributed by atoms with van der Waals surface area (Å²) < 4.78 is 10.2. The van der Waals surface area contributed by atoms with Gasteiger partial charge in [-0.1, -0.05) is 12.1 Å². The number of ether oxygens (including phenoxy) is 2. The van der Waals surface area contributed by atoms with Crippen LogP contribution in [0, 0.1) is 10.1 Å². The van der Waals surface area contributed by atoms with Gasteiger partial charge in [0.2, 0.25) is 11.8 Å². The fourth-order valence-electron chi connectivity index (χ4n) is 1.65. The van der Waals surface area contributed by atoms with Crippen molar-refractivity contribution in [2.24, 2.45) is 0 Å². The minimum atomic E-state index is -1.46. The lowest BCUT2D eigenvalue weighted by Gasteiger charge is -2.08. The van der Waals surface area contributed by atoms with Gasteiger partial charge < -0.3 is 14.6 Å². The molecule has 0 aliphatic rings. The second kappa shape index (κ2) is 5.87. The fraction of sp³-hybridized carbons (Fsp3) is 0.0769. The van der Waals surface area contributed by atoms with E-state index in [4.69, 9.17) is 14.6 Å². The van der Waals surface area contributed by atoms with Crippen LogP contribution in [-0.4, -0.2) is 28.1 Å². The van der Waals surface area contributed by atoms with Crippen LogP contribution in [0.2, 0.25) is 0 Å². The number of hydrogen-bond donors (Lipinski definition) is 1. The Morgan fingerprint density at radius 3 is 2.52 bits per heavy atom. The molecule has 21 heavy (non-hydrogen) atoms. The van der Waals surface area contributed by atoms with E-state index in [0.29, 0.717) is 0 Å². The Morgan fingerprint density at radius 2 is 1.90 bits per heavy atom. The van der Waals surface area contributed by atoms with Gasteiger partial charge in [-0.25, -0.2) is 4.79 Å². The predicted octanol–water partition coefficient (Wildman–Crippen LogP) is 2.49. The summed E-state index contributed by atoms with van der Waals surface area (Å²) in [6.07, 6.45) is 0. The first-order valence-corrected chi connectivity index (χ1v) is 5.72. The molecule has 0 saturated heterocycles. The van der Waals surface area contributed by atoms with Crippen molar-refractivity contribution in [2.45, 2.75) is 0 Å². The Labute approximate surface area is 118 Å². The first-order chi connectivity index (χ1) is 10.0. The molecule has 0 bridgehead atoms. The van der Waals surface area contributed by atoms with Crippen molar-refractivity contribution in [2.75, 3.05) is 7.11 Å². The second-order valence-corrected chi connectivity index (χ2v) is 3.83. The summed E-state index contributed by atoms with van der Waals surface area (Å²) in [5.74, 6) is -1.29. The van der Waals surface area contributed by atoms with Gasteiger partial charge in [-0.15, -0.1) is 0 Å². The van der Waals surface area contributed by atoms with Crippen LogP contribution in [0.15, 0.2) is 36.4 Å². The molecular formula is C13H10N2O6. The van der Waals surface area contributed by atoms with E-state index >= 15 is 0 Å². The zero-order valence-electron chi connectivity index (χ0n) is 10.8. The van der Waals surface area contributed by atoms with E-state index in [0.717, 1.165) is 6.07 Å². The molecule has 0 saturated carbocycles. The zero-order valence-corrected chi connectivity index (χ0v) is 10.8. The lowest BCUT2D eigenvalue weighted by Crippen LogP contribution is -2.05. The van der Waals surface area contributed by atoms with Gasteiger partial charge in [0.25, 0.3) is 5.69 Å². The third-order valence-corrected chi connectivity index (χ3v) is 2.54. The number of carboxylic acid groups (broad SMARTS) is 1. The number of nitrogens with zero attached hydrogens (tertiary/aromatic N) is 2. The number of hydrogen-bond acceptors (Lipinski definition) is 6. The third kappa shape index (κ3) is 3.06. The molecule has 8 nitrogen and oxygen atoms in total. The van der Waals surface area contributed by atoms with Crippen LogP contribution in [0.3, 0.4) is 0 Å². The molecule has 1 aromatic heterocycles. The van der Waals surface area contributed by atoms with Crippen LogP contribution in [0.1, 0.15) is 10.4 Å². The molecule has 1 N–H and O–H groups in total. The Kier molecular flexibility index (Phi) is 3.98. The molecule has 0 aliphatic carbocycles. The normalized spacial score (nSPS) is 9.95. The number of rotatable bonds is 5. The van der Waals surface area contributed by atoms with Gasteiger partial charge in [0.1, 0.15) is 0 Å². The highest BCUT2D eigenvalue weighted by Crippen LogP contribution is 2.31. The average molecular weight is 290 g/mol. The van der Waals surface area contributed by atoms with Crippen LogP contribution in [0.5, 0.6) is 17.5 Å². The second-order valence-electron chi connectivity index (χ2n) is 3.83. The van der Waals surface area contributed by atoms with Crippen LogP contribution in [0.4, 0.5) is 5.69 Å². The van der Waals surface area contributed by atoms with Gasteiger partial charge in [-0.3, -0.25) is 10.1 Å². The largest absolute Gasteiger partial charge is 0.481 e. The van der Waals surface area contributed by atoms with Crippen LogP contribution in [-0.2, 0) is 0 Å². The van der Waals surface area contributed by atoms with E-state index in [-0.39, 0.29) is 17.5 Å². The van der Waals surface area contributed by atoms with Gasteiger partial charge in [0.05, 0.1) is 12.0 Å². The Hall–Kier alpha value is -3.16. The molecule has 0 atom stereocenters. The topological polar surface area (TPSA) is 112 Å².